The van der Waals surface area contributed by atoms with E-state index in [0.717, 1.165) is 19.5 Å². The molecule has 1 fully saturated rings. The van der Waals surface area contributed by atoms with Crippen molar-refractivity contribution in [3.8, 4) is 0 Å². The van der Waals surface area contributed by atoms with Crippen LogP contribution in [0.4, 0.5) is 0 Å². The van der Waals surface area contributed by atoms with Gasteiger partial charge in [0.1, 0.15) is 0 Å². The molecule has 3 nitrogen and oxygen atoms in total. The number of rotatable bonds is 1. The first-order chi connectivity index (χ1) is 4.74. The van der Waals surface area contributed by atoms with E-state index in [4.69, 9.17) is 5.11 Å². The largest absolute Gasteiger partial charge is 0.396 e. The molecule has 0 amide bonds. The topological polar surface area (TPSA) is 43.7 Å². The first-order valence-corrected chi connectivity index (χ1v) is 3.71. The number of piperidine rings is 1. The van der Waals surface area contributed by atoms with Crippen LogP contribution in [0.3, 0.4) is 0 Å². The lowest BCUT2D eigenvalue weighted by Gasteiger charge is -2.32. The third kappa shape index (κ3) is 1.68. The molecule has 1 aliphatic rings. The highest BCUT2D eigenvalue weighted by Gasteiger charge is 2.24. The van der Waals surface area contributed by atoms with Crippen molar-refractivity contribution in [1.29, 1.82) is 0 Å². The molecule has 1 aliphatic heterocycles. The molecule has 60 valence electrons. The summed E-state index contributed by atoms with van der Waals surface area (Å²) in [6.07, 6.45) is 0.503. The smallest absolute Gasteiger partial charge is 0.0614 e. The van der Waals surface area contributed by atoms with Crippen molar-refractivity contribution in [2.24, 2.45) is 5.92 Å². The molecular weight excluding hydrogens is 130 g/mol. The van der Waals surface area contributed by atoms with Gasteiger partial charge in [0, 0.05) is 25.6 Å². The summed E-state index contributed by atoms with van der Waals surface area (Å²) in [6, 6.07) is 0. The summed E-state index contributed by atoms with van der Waals surface area (Å²) in [5, 5.41) is 18.1. The SMILES string of the molecule is CN1CC[C@@H](O)C(CO)C1. The Balaban J connectivity index is 2.38. The maximum Gasteiger partial charge on any atom is 0.0614 e. The summed E-state index contributed by atoms with van der Waals surface area (Å²) in [7, 11) is 2.01. The Bertz CT molecular complexity index is 108. The van der Waals surface area contributed by atoms with Gasteiger partial charge in [-0.25, -0.2) is 0 Å². The van der Waals surface area contributed by atoms with Gasteiger partial charge in [0.2, 0.25) is 0 Å². The van der Waals surface area contributed by atoms with Crippen LogP contribution in [0.25, 0.3) is 0 Å². The van der Waals surface area contributed by atoms with Gasteiger partial charge < -0.3 is 15.1 Å². The maximum absolute atomic E-state index is 9.30. The Kier molecular flexibility index (Phi) is 2.65. The van der Waals surface area contributed by atoms with Crippen molar-refractivity contribution in [3.05, 3.63) is 0 Å². The fourth-order valence-corrected chi connectivity index (χ4v) is 1.38. The van der Waals surface area contributed by atoms with E-state index in [1.165, 1.54) is 0 Å². The van der Waals surface area contributed by atoms with Crippen LogP contribution in [0.5, 0.6) is 0 Å². The molecule has 2 atom stereocenters. The minimum Gasteiger partial charge on any atom is -0.396 e. The third-order valence-electron chi connectivity index (χ3n) is 2.13. The Morgan fingerprint density at radius 1 is 1.60 bits per heavy atom. The van der Waals surface area contributed by atoms with Crippen LogP contribution < -0.4 is 0 Å². The van der Waals surface area contributed by atoms with Crippen LogP contribution in [0.15, 0.2) is 0 Å². The quantitative estimate of drug-likeness (QED) is 0.512. The Morgan fingerprint density at radius 3 is 2.80 bits per heavy atom. The summed E-state index contributed by atoms with van der Waals surface area (Å²) in [4.78, 5) is 2.13. The van der Waals surface area contributed by atoms with Crippen molar-refractivity contribution in [1.82, 2.24) is 4.90 Å². The van der Waals surface area contributed by atoms with Crippen LogP contribution in [0.1, 0.15) is 6.42 Å². The van der Waals surface area contributed by atoms with Gasteiger partial charge >= 0.3 is 0 Å². The molecule has 1 saturated heterocycles. The molecule has 1 unspecified atom stereocenters. The molecule has 0 bridgehead atoms. The predicted octanol–water partition coefficient (Wildman–Crippen LogP) is -0.709. The average molecular weight is 145 g/mol. The van der Waals surface area contributed by atoms with Crippen LogP contribution in [0.2, 0.25) is 0 Å². The lowest BCUT2D eigenvalue weighted by Crippen LogP contribution is -2.42. The van der Waals surface area contributed by atoms with Gasteiger partial charge in [-0.05, 0) is 13.5 Å². The molecule has 0 spiro atoms. The van der Waals surface area contributed by atoms with Gasteiger partial charge in [0.05, 0.1) is 6.10 Å². The zero-order valence-corrected chi connectivity index (χ0v) is 6.32. The van der Waals surface area contributed by atoms with Crippen LogP contribution in [-0.2, 0) is 0 Å². The summed E-state index contributed by atoms with van der Waals surface area (Å²) in [6.45, 7) is 1.86. The number of hydrogen-bond donors (Lipinski definition) is 2. The lowest BCUT2D eigenvalue weighted by molar-refractivity contribution is 0.00843. The minimum absolute atomic E-state index is 0.0683. The molecule has 3 heteroatoms. The minimum atomic E-state index is -0.291. The first-order valence-electron chi connectivity index (χ1n) is 3.71. The second-order valence-corrected chi connectivity index (χ2v) is 3.06. The van der Waals surface area contributed by atoms with Crippen LogP contribution in [-0.4, -0.2) is 48.0 Å². The second kappa shape index (κ2) is 3.32. The Hall–Kier alpha value is -0.120. The van der Waals surface area contributed by atoms with E-state index >= 15 is 0 Å². The van der Waals surface area contributed by atoms with E-state index < -0.39 is 0 Å². The molecule has 0 radical (unpaired) electrons. The monoisotopic (exact) mass is 145 g/mol. The fourth-order valence-electron chi connectivity index (χ4n) is 1.38. The summed E-state index contributed by atoms with van der Waals surface area (Å²) in [5.41, 5.74) is 0. The van der Waals surface area contributed by atoms with Crippen molar-refractivity contribution in [2.45, 2.75) is 12.5 Å². The van der Waals surface area contributed by atoms with E-state index in [9.17, 15) is 5.11 Å². The molecular formula is C7H15NO2. The Labute approximate surface area is 61.3 Å². The van der Waals surface area contributed by atoms with Crippen molar-refractivity contribution < 1.29 is 10.2 Å². The molecule has 1 heterocycles. The van der Waals surface area contributed by atoms with Crippen molar-refractivity contribution >= 4 is 0 Å². The molecule has 0 saturated carbocycles. The maximum atomic E-state index is 9.30. The fraction of sp³-hybridized carbons (Fsp3) is 1.00. The first kappa shape index (κ1) is 7.98. The van der Waals surface area contributed by atoms with Crippen molar-refractivity contribution in [2.75, 3.05) is 26.7 Å². The molecule has 10 heavy (non-hydrogen) atoms. The van der Waals surface area contributed by atoms with Gasteiger partial charge in [0.15, 0.2) is 0 Å². The molecule has 1 rings (SSSR count). The number of likely N-dealkylation sites (tertiary alicyclic amines) is 1. The van der Waals surface area contributed by atoms with Gasteiger partial charge in [-0.2, -0.15) is 0 Å². The predicted molar refractivity (Wildman–Crippen MR) is 38.7 cm³/mol. The van der Waals surface area contributed by atoms with Crippen LogP contribution in [0, 0.1) is 5.92 Å². The van der Waals surface area contributed by atoms with E-state index in [1.54, 1.807) is 0 Å². The molecule has 0 aromatic heterocycles. The van der Waals surface area contributed by atoms with E-state index in [0.29, 0.717) is 0 Å². The van der Waals surface area contributed by atoms with Gasteiger partial charge in [-0.3, -0.25) is 0 Å². The summed E-state index contributed by atoms with van der Waals surface area (Å²) in [5.74, 6) is 0.0683. The third-order valence-corrected chi connectivity index (χ3v) is 2.13. The zero-order valence-electron chi connectivity index (χ0n) is 6.32. The Morgan fingerprint density at radius 2 is 2.30 bits per heavy atom. The lowest BCUT2D eigenvalue weighted by atomic mass is 9.96. The summed E-state index contributed by atoms with van der Waals surface area (Å²) >= 11 is 0. The normalized spacial score (nSPS) is 36.3. The number of nitrogens with zero attached hydrogens (tertiary/aromatic N) is 1. The van der Waals surface area contributed by atoms with E-state index in [-0.39, 0.29) is 18.6 Å². The highest BCUT2D eigenvalue weighted by molar-refractivity contribution is 4.77. The van der Waals surface area contributed by atoms with E-state index in [2.05, 4.69) is 4.90 Å². The molecule has 2 N–H and O–H groups in total. The van der Waals surface area contributed by atoms with Crippen LogP contribution >= 0.6 is 0 Å². The number of aliphatic hydroxyl groups excluding tert-OH is 2. The second-order valence-electron chi connectivity index (χ2n) is 3.06. The number of hydrogen-bond acceptors (Lipinski definition) is 3. The molecule has 0 aromatic carbocycles. The van der Waals surface area contributed by atoms with Gasteiger partial charge in [-0.1, -0.05) is 0 Å². The zero-order chi connectivity index (χ0) is 7.56. The number of aliphatic hydroxyl groups is 2. The average Bonchev–Trinajstić information content (AvgIpc) is 1.94. The van der Waals surface area contributed by atoms with E-state index in [1.807, 2.05) is 7.05 Å². The molecule has 0 aromatic rings. The molecule has 0 aliphatic carbocycles. The highest BCUT2D eigenvalue weighted by Crippen LogP contribution is 2.14. The van der Waals surface area contributed by atoms with Crippen molar-refractivity contribution in [3.63, 3.8) is 0 Å². The standard InChI is InChI=1S/C7H15NO2/c1-8-3-2-7(10)6(4-8)5-9/h6-7,9-10H,2-5H2,1H3/t6?,7-/m1/s1. The van der Waals surface area contributed by atoms with Gasteiger partial charge in [0.25, 0.3) is 0 Å². The summed E-state index contributed by atoms with van der Waals surface area (Å²) < 4.78 is 0. The van der Waals surface area contributed by atoms with Gasteiger partial charge in [-0.15, -0.1) is 0 Å². The highest BCUT2D eigenvalue weighted by atomic mass is 16.3.